The molecule has 0 unspecified atom stereocenters. The summed E-state index contributed by atoms with van der Waals surface area (Å²) in [5, 5.41) is 1.18. The van der Waals surface area contributed by atoms with Crippen LogP contribution in [0.3, 0.4) is 0 Å². The minimum absolute atomic E-state index is 0.153. The monoisotopic (exact) mass is 587 g/mol. The van der Waals surface area contributed by atoms with Gasteiger partial charge in [0.05, 0.1) is 27.3 Å². The fraction of sp³-hybridized carbons (Fsp3) is 0.161. The van der Waals surface area contributed by atoms with E-state index in [4.69, 9.17) is 16.6 Å². The van der Waals surface area contributed by atoms with Gasteiger partial charge >= 0.3 is 0 Å². The molecule has 1 aliphatic heterocycles. The van der Waals surface area contributed by atoms with Gasteiger partial charge in [0, 0.05) is 17.1 Å². The van der Waals surface area contributed by atoms with Gasteiger partial charge in [-0.3, -0.25) is 14.0 Å². The van der Waals surface area contributed by atoms with Gasteiger partial charge in [-0.25, -0.2) is 13.4 Å². The van der Waals surface area contributed by atoms with Gasteiger partial charge in [-0.1, -0.05) is 71.5 Å². The summed E-state index contributed by atoms with van der Waals surface area (Å²) >= 11 is 7.75. The van der Waals surface area contributed by atoms with Crippen molar-refractivity contribution in [1.29, 1.82) is 0 Å². The Balaban J connectivity index is 1.34. The molecule has 0 fully saturated rings. The molecule has 40 heavy (non-hydrogen) atoms. The second-order valence-electron chi connectivity index (χ2n) is 9.73. The van der Waals surface area contributed by atoms with E-state index in [1.165, 1.54) is 27.8 Å². The van der Waals surface area contributed by atoms with Gasteiger partial charge in [0.25, 0.3) is 15.9 Å². The molecule has 0 atom stereocenters. The van der Waals surface area contributed by atoms with Crippen LogP contribution in [-0.4, -0.2) is 25.9 Å². The van der Waals surface area contributed by atoms with Crippen molar-refractivity contribution in [3.05, 3.63) is 118 Å². The van der Waals surface area contributed by atoms with Gasteiger partial charge in [0.1, 0.15) is 0 Å². The van der Waals surface area contributed by atoms with E-state index in [2.05, 4.69) is 0 Å². The molecule has 0 N–H and O–H groups in total. The van der Waals surface area contributed by atoms with E-state index in [0.717, 1.165) is 39.7 Å². The molecule has 0 bridgehead atoms. The third-order valence-electron chi connectivity index (χ3n) is 7.15. The highest BCUT2D eigenvalue weighted by Gasteiger charge is 2.29. The molecule has 0 saturated heterocycles. The van der Waals surface area contributed by atoms with Crippen LogP contribution in [0.1, 0.15) is 33.5 Å². The number of sulfonamides is 1. The molecule has 5 aromatic rings. The maximum Gasteiger partial charge on any atom is 0.264 e. The summed E-state index contributed by atoms with van der Waals surface area (Å²) in [7, 11) is -3.78. The molecule has 9 heteroatoms. The summed E-state index contributed by atoms with van der Waals surface area (Å²) in [5.41, 5.74) is 4.70. The van der Waals surface area contributed by atoms with Crippen molar-refractivity contribution in [2.75, 3.05) is 15.7 Å². The molecular weight excluding hydrogens is 562 g/mol. The lowest BCUT2D eigenvalue weighted by Crippen LogP contribution is -2.35. The molecule has 0 saturated carbocycles. The number of carbonyl (C=O) groups is 1. The lowest BCUT2D eigenvalue weighted by molar-refractivity contribution is 0.0985. The van der Waals surface area contributed by atoms with Crippen molar-refractivity contribution in [1.82, 2.24) is 4.98 Å². The second kappa shape index (κ2) is 10.7. The number of para-hydroxylation sites is 1. The molecule has 2 heterocycles. The quantitative estimate of drug-likeness (QED) is 0.210. The molecule has 1 aliphatic rings. The minimum Gasteiger partial charge on any atom is -0.279 e. The number of nitrogens with zero attached hydrogens (tertiary/aromatic N) is 3. The summed E-state index contributed by atoms with van der Waals surface area (Å²) < 4.78 is 29.6. The normalized spacial score (nSPS) is 13.3. The Labute approximate surface area is 242 Å². The number of hydrogen-bond donors (Lipinski definition) is 0. The van der Waals surface area contributed by atoms with Gasteiger partial charge in [-0.05, 0) is 78.9 Å². The van der Waals surface area contributed by atoms with Crippen molar-refractivity contribution in [2.45, 2.75) is 31.2 Å². The van der Waals surface area contributed by atoms with Gasteiger partial charge in [0.15, 0.2) is 5.13 Å². The molecule has 0 aliphatic carbocycles. The first-order chi connectivity index (χ1) is 19.3. The third kappa shape index (κ3) is 4.87. The van der Waals surface area contributed by atoms with Crippen LogP contribution in [0.2, 0.25) is 5.02 Å². The Hall–Kier alpha value is -3.72. The lowest BCUT2D eigenvalue weighted by atomic mass is 10.0. The largest absolute Gasteiger partial charge is 0.279 e. The first-order valence-electron chi connectivity index (χ1n) is 12.9. The van der Waals surface area contributed by atoms with E-state index < -0.39 is 10.0 Å². The molecule has 6 nitrogen and oxygen atoms in total. The van der Waals surface area contributed by atoms with E-state index in [0.29, 0.717) is 34.5 Å². The Morgan fingerprint density at radius 1 is 0.975 bits per heavy atom. The van der Waals surface area contributed by atoms with Gasteiger partial charge in [-0.15, -0.1) is 0 Å². The molecule has 1 amide bonds. The fourth-order valence-corrected chi connectivity index (χ4v) is 7.71. The minimum atomic E-state index is -3.78. The molecule has 4 aromatic carbocycles. The molecule has 0 spiro atoms. The predicted octanol–water partition coefficient (Wildman–Crippen LogP) is 7.25. The van der Waals surface area contributed by atoms with Crippen LogP contribution in [-0.2, 0) is 23.0 Å². The van der Waals surface area contributed by atoms with E-state index in [1.807, 2.05) is 73.7 Å². The first-order valence-corrected chi connectivity index (χ1v) is 15.6. The number of anilines is 2. The van der Waals surface area contributed by atoms with Crippen molar-refractivity contribution in [3.8, 4) is 0 Å². The number of halogens is 1. The highest BCUT2D eigenvalue weighted by atomic mass is 35.5. The number of thiazole rings is 1. The Morgan fingerprint density at radius 2 is 1.70 bits per heavy atom. The van der Waals surface area contributed by atoms with Crippen LogP contribution in [0.15, 0.2) is 95.9 Å². The summed E-state index contributed by atoms with van der Waals surface area (Å²) in [6.45, 7) is 2.65. The Kier molecular flexibility index (Phi) is 7.08. The van der Waals surface area contributed by atoms with E-state index in [1.54, 1.807) is 17.0 Å². The number of benzene rings is 4. The van der Waals surface area contributed by atoms with E-state index in [-0.39, 0.29) is 10.8 Å². The van der Waals surface area contributed by atoms with E-state index >= 15 is 0 Å². The zero-order valence-electron chi connectivity index (χ0n) is 21.7. The number of aromatic nitrogens is 1. The molecule has 202 valence electrons. The zero-order valence-corrected chi connectivity index (χ0v) is 24.1. The highest BCUT2D eigenvalue weighted by Crippen LogP contribution is 2.35. The lowest BCUT2D eigenvalue weighted by Gasteiger charge is -2.30. The first kappa shape index (κ1) is 26.5. The molecule has 1 aromatic heterocycles. The zero-order chi connectivity index (χ0) is 27.9. The highest BCUT2D eigenvalue weighted by molar-refractivity contribution is 7.92. The van der Waals surface area contributed by atoms with Crippen molar-refractivity contribution < 1.29 is 13.2 Å². The average molecular weight is 588 g/mol. The molecule has 0 radical (unpaired) electrons. The smallest absolute Gasteiger partial charge is 0.264 e. The van der Waals surface area contributed by atoms with E-state index in [9.17, 15) is 13.2 Å². The number of hydrogen-bond acceptors (Lipinski definition) is 5. The summed E-state index contributed by atoms with van der Waals surface area (Å²) in [6.07, 6.45) is 1.61. The van der Waals surface area contributed by atoms with Crippen LogP contribution in [0.25, 0.3) is 10.2 Å². The standard InChI is InChI=1S/C31H26ClN3O3S2/c1-21-26(32)17-18-28-29(21)33-31(39-28)34(20-22-8-3-2-4-9-22)30(36)24-13-15-25(16-14-24)40(37,38)35-19-7-11-23-10-5-6-12-27(23)35/h2-6,8-10,12-18H,7,11,19-20H2,1H3. The summed E-state index contributed by atoms with van der Waals surface area (Å²) in [6, 6.07) is 27.3. The number of carbonyl (C=O) groups excluding carboxylic acids is 1. The van der Waals surface area contributed by atoms with Crippen LogP contribution in [0.4, 0.5) is 10.8 Å². The van der Waals surface area contributed by atoms with Crippen LogP contribution >= 0.6 is 22.9 Å². The number of rotatable bonds is 6. The van der Waals surface area contributed by atoms with Crippen LogP contribution in [0.5, 0.6) is 0 Å². The summed E-state index contributed by atoms with van der Waals surface area (Å²) in [5.74, 6) is -0.265. The van der Waals surface area contributed by atoms with Gasteiger partial charge in [-0.2, -0.15) is 0 Å². The van der Waals surface area contributed by atoms with Gasteiger partial charge < -0.3 is 0 Å². The average Bonchev–Trinajstić information content (AvgIpc) is 3.42. The Morgan fingerprint density at radius 3 is 2.48 bits per heavy atom. The molecular formula is C31H26ClN3O3S2. The maximum atomic E-state index is 13.9. The SMILES string of the molecule is Cc1c(Cl)ccc2sc(N(Cc3ccccc3)C(=O)c3ccc(S(=O)(=O)N4CCCc5ccccc54)cc3)nc12. The third-order valence-corrected chi connectivity index (χ3v) is 10.4. The second-order valence-corrected chi connectivity index (χ2v) is 13.0. The van der Waals surface area contributed by atoms with Crippen molar-refractivity contribution in [2.24, 2.45) is 0 Å². The van der Waals surface area contributed by atoms with Crippen LogP contribution < -0.4 is 9.21 Å². The summed E-state index contributed by atoms with van der Waals surface area (Å²) in [4.78, 5) is 20.5. The predicted molar refractivity (Wildman–Crippen MR) is 162 cm³/mol. The molecule has 6 rings (SSSR count). The Bertz CT molecular complexity index is 1820. The van der Waals surface area contributed by atoms with Crippen LogP contribution in [0, 0.1) is 6.92 Å². The van der Waals surface area contributed by atoms with Gasteiger partial charge in [0.2, 0.25) is 0 Å². The number of aryl methyl sites for hydroxylation is 2. The number of amides is 1. The van der Waals surface area contributed by atoms with Crippen molar-refractivity contribution in [3.63, 3.8) is 0 Å². The number of fused-ring (bicyclic) bond motifs is 2. The van der Waals surface area contributed by atoms with Crippen molar-refractivity contribution >= 4 is 59.9 Å². The maximum absolute atomic E-state index is 13.9. The fourth-order valence-electron chi connectivity index (χ4n) is 5.00. The topological polar surface area (TPSA) is 70.6 Å².